The predicted molar refractivity (Wildman–Crippen MR) is 87.1 cm³/mol. The molecule has 1 heteroatoms. The van der Waals surface area contributed by atoms with Gasteiger partial charge in [-0.1, -0.05) is 65.3 Å². The molecular weight excluding hydrogens is 244 g/mol. The second-order valence-electron chi connectivity index (χ2n) is 6.81. The maximum absolute atomic E-state index is 12.2. The van der Waals surface area contributed by atoms with Crippen LogP contribution in [0.4, 0.5) is 0 Å². The van der Waals surface area contributed by atoms with Crippen molar-refractivity contribution in [3.63, 3.8) is 0 Å². The highest BCUT2D eigenvalue weighted by Crippen LogP contribution is 2.21. The van der Waals surface area contributed by atoms with Crippen molar-refractivity contribution in [3.05, 3.63) is 35.4 Å². The molecule has 0 amide bonds. The third kappa shape index (κ3) is 5.90. The Bertz CT molecular complexity index is 400. The van der Waals surface area contributed by atoms with Gasteiger partial charge in [0.15, 0.2) is 0 Å². The van der Waals surface area contributed by atoms with Crippen LogP contribution >= 0.6 is 0 Å². The first kappa shape index (κ1) is 16.9. The second-order valence-corrected chi connectivity index (χ2v) is 6.81. The summed E-state index contributed by atoms with van der Waals surface area (Å²) in [6.45, 7) is 10.9. The molecular formula is C19H30O. The zero-order chi connectivity index (χ0) is 15.1. The van der Waals surface area contributed by atoms with Crippen LogP contribution in [0.25, 0.3) is 0 Å². The minimum atomic E-state index is 0.0373. The summed E-state index contributed by atoms with van der Waals surface area (Å²) in [6.07, 6.45) is 3.99. The van der Waals surface area contributed by atoms with Crippen molar-refractivity contribution < 1.29 is 4.79 Å². The fraction of sp³-hybridized carbons (Fsp3) is 0.632. The lowest BCUT2D eigenvalue weighted by atomic mass is 9.91. The molecule has 0 heterocycles. The number of carbonyl (C=O) groups excluding carboxylic acids is 1. The van der Waals surface area contributed by atoms with Crippen LogP contribution in [0.1, 0.15) is 70.9 Å². The van der Waals surface area contributed by atoms with E-state index in [0.717, 1.165) is 24.8 Å². The molecule has 0 saturated carbocycles. The maximum atomic E-state index is 12.2. The van der Waals surface area contributed by atoms with E-state index in [-0.39, 0.29) is 5.92 Å². The van der Waals surface area contributed by atoms with Crippen molar-refractivity contribution in [2.45, 2.75) is 66.2 Å². The summed E-state index contributed by atoms with van der Waals surface area (Å²) in [4.78, 5) is 12.2. The van der Waals surface area contributed by atoms with Gasteiger partial charge in [-0.05, 0) is 35.8 Å². The molecule has 0 aliphatic carbocycles. The first-order chi connectivity index (χ1) is 9.40. The second kappa shape index (κ2) is 8.24. The molecule has 112 valence electrons. The molecule has 0 fully saturated rings. The number of carbonyl (C=O) groups is 1. The highest BCUT2D eigenvalue weighted by atomic mass is 16.1. The summed E-state index contributed by atoms with van der Waals surface area (Å²) in [7, 11) is 0. The van der Waals surface area contributed by atoms with Crippen LogP contribution in [0.5, 0.6) is 0 Å². The van der Waals surface area contributed by atoms with Crippen molar-refractivity contribution in [2.75, 3.05) is 0 Å². The minimum absolute atomic E-state index is 0.0373. The molecule has 0 aromatic heterocycles. The molecule has 20 heavy (non-hydrogen) atoms. The Morgan fingerprint density at radius 3 is 2.05 bits per heavy atom. The Morgan fingerprint density at radius 2 is 1.55 bits per heavy atom. The Balaban J connectivity index is 2.53. The van der Waals surface area contributed by atoms with E-state index in [1.165, 1.54) is 5.56 Å². The van der Waals surface area contributed by atoms with Gasteiger partial charge >= 0.3 is 0 Å². The van der Waals surface area contributed by atoms with Gasteiger partial charge in [0.2, 0.25) is 0 Å². The van der Waals surface area contributed by atoms with E-state index in [9.17, 15) is 4.79 Å². The van der Waals surface area contributed by atoms with Gasteiger partial charge < -0.3 is 0 Å². The standard InChI is InChI=1S/C19H30O/c1-14(2)7-6-8-19(20)16(5)18-11-9-17(10-12-18)13-15(3)4/h9-12,14-16H,6-8,13H2,1-5H3/t16-/m1/s1. The van der Waals surface area contributed by atoms with Gasteiger partial charge in [0.05, 0.1) is 0 Å². The molecule has 0 N–H and O–H groups in total. The molecule has 0 saturated heterocycles. The molecule has 0 bridgehead atoms. The summed E-state index contributed by atoms with van der Waals surface area (Å²) >= 11 is 0. The van der Waals surface area contributed by atoms with E-state index in [2.05, 4.69) is 52.0 Å². The number of benzene rings is 1. The third-order valence-electron chi connectivity index (χ3n) is 3.81. The number of hydrogen-bond donors (Lipinski definition) is 0. The topological polar surface area (TPSA) is 17.1 Å². The SMILES string of the molecule is CC(C)CCCC(=O)[C@H](C)c1ccc(CC(C)C)cc1. The van der Waals surface area contributed by atoms with Gasteiger partial charge in [0.1, 0.15) is 5.78 Å². The van der Waals surface area contributed by atoms with Crippen LogP contribution in [0.2, 0.25) is 0 Å². The molecule has 0 spiro atoms. The van der Waals surface area contributed by atoms with Gasteiger partial charge in [-0.3, -0.25) is 4.79 Å². The van der Waals surface area contributed by atoms with Crippen molar-refractivity contribution in [2.24, 2.45) is 11.8 Å². The molecule has 1 aromatic rings. The predicted octanol–water partition coefficient (Wildman–Crippen LogP) is 5.38. The third-order valence-corrected chi connectivity index (χ3v) is 3.81. The quantitative estimate of drug-likeness (QED) is 0.621. The molecule has 1 rings (SSSR count). The van der Waals surface area contributed by atoms with E-state index >= 15 is 0 Å². The smallest absolute Gasteiger partial charge is 0.140 e. The largest absolute Gasteiger partial charge is 0.299 e. The fourth-order valence-electron chi connectivity index (χ4n) is 2.50. The Morgan fingerprint density at radius 1 is 0.950 bits per heavy atom. The van der Waals surface area contributed by atoms with Crippen LogP contribution in [-0.4, -0.2) is 5.78 Å². The molecule has 0 unspecified atom stereocenters. The van der Waals surface area contributed by atoms with Gasteiger partial charge in [0, 0.05) is 12.3 Å². The lowest BCUT2D eigenvalue weighted by Gasteiger charge is -2.13. The van der Waals surface area contributed by atoms with Crippen LogP contribution in [0.3, 0.4) is 0 Å². The monoisotopic (exact) mass is 274 g/mol. The number of rotatable bonds is 8. The zero-order valence-corrected chi connectivity index (χ0v) is 13.8. The van der Waals surface area contributed by atoms with Crippen LogP contribution in [0.15, 0.2) is 24.3 Å². The first-order valence-corrected chi connectivity index (χ1v) is 8.01. The summed E-state index contributed by atoms with van der Waals surface area (Å²) in [5.41, 5.74) is 2.52. The van der Waals surface area contributed by atoms with E-state index in [0.29, 0.717) is 24.0 Å². The average Bonchev–Trinajstić information content (AvgIpc) is 2.37. The maximum Gasteiger partial charge on any atom is 0.140 e. The molecule has 1 nitrogen and oxygen atoms in total. The van der Waals surface area contributed by atoms with Crippen molar-refractivity contribution >= 4 is 5.78 Å². The highest BCUT2D eigenvalue weighted by molar-refractivity contribution is 5.85. The summed E-state index contributed by atoms with van der Waals surface area (Å²) < 4.78 is 0. The minimum Gasteiger partial charge on any atom is -0.299 e. The number of Topliss-reactive ketones (excluding diaryl/α,β-unsaturated/α-hetero) is 1. The van der Waals surface area contributed by atoms with E-state index in [1.54, 1.807) is 0 Å². The molecule has 1 aromatic carbocycles. The fourth-order valence-corrected chi connectivity index (χ4v) is 2.50. The van der Waals surface area contributed by atoms with Gasteiger partial charge in [-0.15, -0.1) is 0 Å². The Labute approximate surface area is 124 Å². The Hall–Kier alpha value is -1.11. The van der Waals surface area contributed by atoms with Crippen LogP contribution in [0, 0.1) is 11.8 Å². The summed E-state index contributed by atoms with van der Waals surface area (Å²) in [5.74, 6) is 1.78. The molecule has 1 atom stereocenters. The van der Waals surface area contributed by atoms with Gasteiger partial charge in [-0.2, -0.15) is 0 Å². The number of hydrogen-bond acceptors (Lipinski definition) is 1. The highest BCUT2D eigenvalue weighted by Gasteiger charge is 2.14. The van der Waals surface area contributed by atoms with E-state index < -0.39 is 0 Å². The Kier molecular flexibility index (Phi) is 6.98. The lowest BCUT2D eigenvalue weighted by molar-refractivity contribution is -0.120. The van der Waals surface area contributed by atoms with Gasteiger partial charge in [0.25, 0.3) is 0 Å². The van der Waals surface area contributed by atoms with Crippen molar-refractivity contribution in [3.8, 4) is 0 Å². The average molecular weight is 274 g/mol. The molecule has 0 aliphatic rings. The summed E-state index contributed by atoms with van der Waals surface area (Å²) in [6, 6.07) is 8.60. The van der Waals surface area contributed by atoms with Crippen LogP contribution < -0.4 is 0 Å². The van der Waals surface area contributed by atoms with E-state index in [1.807, 2.05) is 6.92 Å². The lowest BCUT2D eigenvalue weighted by Crippen LogP contribution is -2.09. The van der Waals surface area contributed by atoms with Crippen molar-refractivity contribution in [1.82, 2.24) is 0 Å². The van der Waals surface area contributed by atoms with Crippen molar-refractivity contribution in [1.29, 1.82) is 0 Å². The van der Waals surface area contributed by atoms with Crippen LogP contribution in [-0.2, 0) is 11.2 Å². The first-order valence-electron chi connectivity index (χ1n) is 8.01. The van der Waals surface area contributed by atoms with E-state index in [4.69, 9.17) is 0 Å². The van der Waals surface area contributed by atoms with Gasteiger partial charge in [-0.25, -0.2) is 0 Å². The molecule has 0 radical (unpaired) electrons. The molecule has 0 aliphatic heterocycles. The normalized spacial score (nSPS) is 12.9. The number of ketones is 1. The summed E-state index contributed by atoms with van der Waals surface area (Å²) in [5, 5.41) is 0. The zero-order valence-electron chi connectivity index (χ0n) is 13.8.